The maximum absolute atomic E-state index is 12.0. The largest absolute Gasteiger partial charge is 0.481 e. The Kier molecular flexibility index (Phi) is 4.01. The van der Waals surface area contributed by atoms with Crippen molar-refractivity contribution in [1.29, 1.82) is 0 Å². The molecule has 1 atom stereocenters. The number of hydrogen-bond acceptors (Lipinski definition) is 2. The normalized spacial score (nSPS) is 16.1. The summed E-state index contributed by atoms with van der Waals surface area (Å²) in [5.74, 6) is -0.770. The first kappa shape index (κ1) is 13.1. The van der Waals surface area contributed by atoms with Crippen LogP contribution in [-0.4, -0.2) is 23.0 Å². The molecular weight excluding hydrogens is 298 g/mol. The Bertz CT molecular complexity index is 471. The van der Waals surface area contributed by atoms with Gasteiger partial charge in [0.25, 0.3) is 5.91 Å². The molecular formula is C13H14BrNO3. The standard InChI is InChI=1S/C13H14BrNO3/c14-10-3-1-2-9(6-10)13(18)15-11(7-12(16)17)8-4-5-8/h1-3,6,8,11H,4-5,7H2,(H,15,18)(H,16,17). The van der Waals surface area contributed by atoms with Gasteiger partial charge in [0, 0.05) is 16.1 Å². The smallest absolute Gasteiger partial charge is 0.305 e. The molecule has 0 bridgehead atoms. The van der Waals surface area contributed by atoms with Crippen LogP contribution in [0.2, 0.25) is 0 Å². The van der Waals surface area contributed by atoms with Gasteiger partial charge in [-0.1, -0.05) is 22.0 Å². The molecule has 1 aromatic rings. The van der Waals surface area contributed by atoms with E-state index in [9.17, 15) is 9.59 Å². The summed E-state index contributed by atoms with van der Waals surface area (Å²) < 4.78 is 0.830. The van der Waals surface area contributed by atoms with Crippen molar-refractivity contribution in [2.45, 2.75) is 25.3 Å². The van der Waals surface area contributed by atoms with Crippen molar-refractivity contribution in [3.63, 3.8) is 0 Å². The first-order valence-electron chi connectivity index (χ1n) is 5.84. The maximum Gasteiger partial charge on any atom is 0.305 e. The summed E-state index contributed by atoms with van der Waals surface area (Å²) >= 11 is 3.30. The van der Waals surface area contributed by atoms with Crippen LogP contribution in [0, 0.1) is 5.92 Å². The van der Waals surface area contributed by atoms with Crippen LogP contribution in [0.3, 0.4) is 0 Å². The Morgan fingerprint density at radius 3 is 2.72 bits per heavy atom. The van der Waals surface area contributed by atoms with Gasteiger partial charge in [0.1, 0.15) is 0 Å². The topological polar surface area (TPSA) is 66.4 Å². The van der Waals surface area contributed by atoms with Gasteiger partial charge in [-0.15, -0.1) is 0 Å². The summed E-state index contributed by atoms with van der Waals surface area (Å²) in [6.07, 6.45) is 1.98. The molecule has 18 heavy (non-hydrogen) atoms. The lowest BCUT2D eigenvalue weighted by molar-refractivity contribution is -0.137. The molecule has 0 spiro atoms. The molecule has 0 saturated heterocycles. The quantitative estimate of drug-likeness (QED) is 0.877. The van der Waals surface area contributed by atoms with Gasteiger partial charge >= 0.3 is 5.97 Å². The van der Waals surface area contributed by atoms with Crippen molar-refractivity contribution in [2.24, 2.45) is 5.92 Å². The molecule has 1 saturated carbocycles. The number of carbonyl (C=O) groups excluding carboxylic acids is 1. The zero-order chi connectivity index (χ0) is 13.1. The Morgan fingerprint density at radius 2 is 2.17 bits per heavy atom. The minimum absolute atomic E-state index is 0.00951. The second-order valence-corrected chi connectivity index (χ2v) is 5.44. The van der Waals surface area contributed by atoms with E-state index in [0.29, 0.717) is 11.5 Å². The van der Waals surface area contributed by atoms with Gasteiger partial charge in [-0.2, -0.15) is 0 Å². The zero-order valence-electron chi connectivity index (χ0n) is 9.73. The van der Waals surface area contributed by atoms with E-state index in [0.717, 1.165) is 17.3 Å². The Hall–Kier alpha value is -1.36. The molecule has 2 rings (SSSR count). The van der Waals surface area contributed by atoms with Crippen molar-refractivity contribution >= 4 is 27.8 Å². The number of nitrogens with one attached hydrogen (secondary N) is 1. The summed E-state index contributed by atoms with van der Waals surface area (Å²) in [5, 5.41) is 11.6. The zero-order valence-corrected chi connectivity index (χ0v) is 11.3. The van der Waals surface area contributed by atoms with Crippen molar-refractivity contribution in [2.75, 3.05) is 0 Å². The molecule has 1 aliphatic carbocycles. The molecule has 0 aliphatic heterocycles. The first-order valence-corrected chi connectivity index (χ1v) is 6.64. The minimum atomic E-state index is -0.874. The highest BCUT2D eigenvalue weighted by atomic mass is 79.9. The number of halogens is 1. The van der Waals surface area contributed by atoms with Crippen LogP contribution in [0.25, 0.3) is 0 Å². The highest BCUT2D eigenvalue weighted by molar-refractivity contribution is 9.10. The lowest BCUT2D eigenvalue weighted by atomic mass is 10.1. The van der Waals surface area contributed by atoms with E-state index in [1.165, 1.54) is 0 Å². The number of carbonyl (C=O) groups is 2. The molecule has 2 N–H and O–H groups in total. The van der Waals surface area contributed by atoms with Crippen LogP contribution in [0.5, 0.6) is 0 Å². The number of carboxylic acids is 1. The fourth-order valence-electron chi connectivity index (χ4n) is 1.90. The third kappa shape index (κ3) is 3.57. The third-order valence-corrected chi connectivity index (χ3v) is 3.48. The third-order valence-electron chi connectivity index (χ3n) is 2.99. The molecule has 1 fully saturated rings. The monoisotopic (exact) mass is 311 g/mol. The molecule has 1 unspecified atom stereocenters. The van der Waals surface area contributed by atoms with E-state index in [4.69, 9.17) is 5.11 Å². The van der Waals surface area contributed by atoms with Gasteiger partial charge < -0.3 is 10.4 Å². The second kappa shape index (κ2) is 5.52. The van der Waals surface area contributed by atoms with Gasteiger partial charge in [-0.25, -0.2) is 0 Å². The molecule has 4 nitrogen and oxygen atoms in total. The van der Waals surface area contributed by atoms with Crippen LogP contribution in [-0.2, 0) is 4.79 Å². The van der Waals surface area contributed by atoms with Gasteiger partial charge in [-0.3, -0.25) is 9.59 Å². The fourth-order valence-corrected chi connectivity index (χ4v) is 2.30. The maximum atomic E-state index is 12.0. The SMILES string of the molecule is O=C(O)CC(NC(=O)c1cccc(Br)c1)C1CC1. The minimum Gasteiger partial charge on any atom is -0.481 e. The van der Waals surface area contributed by atoms with Crippen molar-refractivity contribution < 1.29 is 14.7 Å². The van der Waals surface area contributed by atoms with E-state index in [-0.39, 0.29) is 18.4 Å². The number of aliphatic carboxylic acids is 1. The van der Waals surface area contributed by atoms with Gasteiger partial charge in [0.05, 0.1) is 6.42 Å². The Labute approximate surface area is 114 Å². The average molecular weight is 312 g/mol. The molecule has 96 valence electrons. The number of rotatable bonds is 5. The van der Waals surface area contributed by atoms with E-state index in [1.807, 2.05) is 6.07 Å². The van der Waals surface area contributed by atoms with Crippen LogP contribution >= 0.6 is 15.9 Å². The number of hydrogen-bond donors (Lipinski definition) is 2. The second-order valence-electron chi connectivity index (χ2n) is 4.53. The molecule has 1 amide bonds. The van der Waals surface area contributed by atoms with E-state index in [1.54, 1.807) is 18.2 Å². The molecule has 0 aromatic heterocycles. The molecule has 5 heteroatoms. The van der Waals surface area contributed by atoms with Crippen molar-refractivity contribution in [3.05, 3.63) is 34.3 Å². The first-order chi connectivity index (χ1) is 8.56. The van der Waals surface area contributed by atoms with Gasteiger partial charge in [-0.05, 0) is 37.0 Å². The number of carboxylic acid groups (broad SMARTS) is 1. The van der Waals surface area contributed by atoms with Crippen LogP contribution in [0.4, 0.5) is 0 Å². The lowest BCUT2D eigenvalue weighted by Crippen LogP contribution is -2.38. The van der Waals surface area contributed by atoms with Gasteiger partial charge in [0.15, 0.2) is 0 Å². The average Bonchev–Trinajstić information content (AvgIpc) is 3.11. The Balaban J connectivity index is 2.02. The predicted octanol–water partition coefficient (Wildman–Crippen LogP) is 2.43. The molecule has 1 aromatic carbocycles. The summed E-state index contributed by atoms with van der Waals surface area (Å²) in [6, 6.07) is 6.80. The van der Waals surface area contributed by atoms with Crippen LogP contribution in [0.1, 0.15) is 29.6 Å². The fraction of sp³-hybridized carbons (Fsp3) is 0.385. The van der Waals surface area contributed by atoms with Crippen molar-refractivity contribution in [1.82, 2.24) is 5.32 Å². The van der Waals surface area contributed by atoms with E-state index < -0.39 is 5.97 Å². The highest BCUT2D eigenvalue weighted by Crippen LogP contribution is 2.34. The summed E-state index contributed by atoms with van der Waals surface area (Å²) in [4.78, 5) is 22.8. The summed E-state index contributed by atoms with van der Waals surface area (Å²) in [7, 11) is 0. The van der Waals surface area contributed by atoms with Crippen LogP contribution < -0.4 is 5.32 Å². The Morgan fingerprint density at radius 1 is 1.44 bits per heavy atom. The molecule has 1 aliphatic rings. The van der Waals surface area contributed by atoms with E-state index in [2.05, 4.69) is 21.2 Å². The van der Waals surface area contributed by atoms with Crippen LogP contribution in [0.15, 0.2) is 28.7 Å². The molecule has 0 radical (unpaired) electrons. The number of amides is 1. The summed E-state index contributed by atoms with van der Waals surface area (Å²) in [5.41, 5.74) is 0.542. The summed E-state index contributed by atoms with van der Waals surface area (Å²) in [6.45, 7) is 0. The van der Waals surface area contributed by atoms with E-state index >= 15 is 0 Å². The highest BCUT2D eigenvalue weighted by Gasteiger charge is 2.33. The molecule has 0 heterocycles. The lowest BCUT2D eigenvalue weighted by Gasteiger charge is -2.16. The number of benzene rings is 1. The van der Waals surface area contributed by atoms with Crippen molar-refractivity contribution in [3.8, 4) is 0 Å². The predicted molar refractivity (Wildman–Crippen MR) is 70.4 cm³/mol. The van der Waals surface area contributed by atoms with Gasteiger partial charge in [0.2, 0.25) is 0 Å².